The molecule has 1 saturated heterocycles. The summed E-state index contributed by atoms with van der Waals surface area (Å²) in [6.07, 6.45) is 2.01. The predicted molar refractivity (Wildman–Crippen MR) is 110 cm³/mol. The van der Waals surface area contributed by atoms with Crippen LogP contribution in [-0.4, -0.2) is 74.7 Å². The summed E-state index contributed by atoms with van der Waals surface area (Å²) < 4.78 is 6.14. The Morgan fingerprint density at radius 2 is 2.07 bits per heavy atom. The van der Waals surface area contributed by atoms with Gasteiger partial charge in [0.15, 0.2) is 6.54 Å². The smallest absolute Gasteiger partial charge is 0.275 e. The zero-order valence-corrected chi connectivity index (χ0v) is 17.2. The number of rotatable bonds is 9. The maximum absolute atomic E-state index is 12.5. The number of thiazole rings is 1. The zero-order chi connectivity index (χ0) is 19.8. The Morgan fingerprint density at radius 1 is 1.29 bits per heavy atom. The lowest BCUT2D eigenvalue weighted by Gasteiger charge is -2.31. The molecule has 1 aliphatic heterocycles. The molecule has 7 nitrogen and oxygen atoms in total. The summed E-state index contributed by atoms with van der Waals surface area (Å²) in [5, 5.41) is 3.94. The van der Waals surface area contributed by atoms with Crippen molar-refractivity contribution in [2.45, 2.75) is 19.3 Å². The van der Waals surface area contributed by atoms with E-state index in [2.05, 4.69) is 16.4 Å². The number of piperazine rings is 1. The minimum Gasteiger partial charge on any atom is -0.385 e. The van der Waals surface area contributed by atoms with Crippen LogP contribution in [0.15, 0.2) is 24.3 Å². The standard InChI is InChI=1S/C20H28N4O3S/c1-27-14-4-9-21-18(25)15-23-10-12-24(13-11-23)20(26)8-7-19-22-16-5-2-3-6-17(16)28-19/h2-3,5-6H,4,7-15H2,1H3,(H,21,25)/p+1. The van der Waals surface area contributed by atoms with Crippen molar-refractivity contribution in [1.29, 1.82) is 0 Å². The van der Waals surface area contributed by atoms with Crippen LogP contribution < -0.4 is 10.2 Å². The summed E-state index contributed by atoms with van der Waals surface area (Å²) in [6.45, 7) is 4.84. The number of aryl methyl sites for hydroxylation is 1. The van der Waals surface area contributed by atoms with Gasteiger partial charge in [0.1, 0.15) is 0 Å². The molecule has 0 bridgehead atoms. The number of nitrogens with one attached hydrogen (secondary N) is 2. The Labute approximate surface area is 169 Å². The van der Waals surface area contributed by atoms with Crippen LogP contribution in [0.25, 0.3) is 10.2 Å². The van der Waals surface area contributed by atoms with E-state index >= 15 is 0 Å². The van der Waals surface area contributed by atoms with Crippen molar-refractivity contribution in [2.75, 3.05) is 53.0 Å². The number of aromatic nitrogens is 1. The van der Waals surface area contributed by atoms with Gasteiger partial charge in [-0.1, -0.05) is 12.1 Å². The van der Waals surface area contributed by atoms with Crippen molar-refractivity contribution in [2.24, 2.45) is 0 Å². The van der Waals surface area contributed by atoms with E-state index in [0.717, 1.165) is 30.0 Å². The molecule has 2 amide bonds. The zero-order valence-electron chi connectivity index (χ0n) is 16.4. The van der Waals surface area contributed by atoms with Crippen LogP contribution in [-0.2, 0) is 20.7 Å². The van der Waals surface area contributed by atoms with E-state index in [1.165, 1.54) is 9.60 Å². The molecule has 1 fully saturated rings. The molecule has 3 rings (SSSR count). The van der Waals surface area contributed by atoms with Crippen molar-refractivity contribution in [3.05, 3.63) is 29.3 Å². The molecule has 28 heavy (non-hydrogen) atoms. The van der Waals surface area contributed by atoms with Gasteiger partial charge < -0.3 is 19.9 Å². The van der Waals surface area contributed by atoms with Crippen LogP contribution in [0.1, 0.15) is 17.8 Å². The van der Waals surface area contributed by atoms with Gasteiger partial charge in [-0.05, 0) is 18.6 Å². The van der Waals surface area contributed by atoms with E-state index in [1.807, 2.05) is 23.1 Å². The number of para-hydroxylation sites is 1. The second kappa shape index (κ2) is 10.5. The average molecular weight is 406 g/mol. The molecule has 2 heterocycles. The Hall–Kier alpha value is -2.03. The van der Waals surface area contributed by atoms with E-state index in [-0.39, 0.29) is 11.8 Å². The van der Waals surface area contributed by atoms with Gasteiger partial charge in [0.25, 0.3) is 5.91 Å². The number of amides is 2. The number of fused-ring (bicyclic) bond motifs is 1. The highest BCUT2D eigenvalue weighted by Gasteiger charge is 2.25. The molecule has 1 aromatic heterocycles. The van der Waals surface area contributed by atoms with Gasteiger partial charge in [-0.25, -0.2) is 4.98 Å². The molecular weight excluding hydrogens is 376 g/mol. The molecule has 2 aromatic rings. The van der Waals surface area contributed by atoms with Crippen LogP contribution in [0.2, 0.25) is 0 Å². The first-order valence-corrected chi connectivity index (χ1v) is 10.7. The van der Waals surface area contributed by atoms with Gasteiger partial charge >= 0.3 is 0 Å². The van der Waals surface area contributed by atoms with E-state index in [1.54, 1.807) is 18.4 Å². The highest BCUT2D eigenvalue weighted by Crippen LogP contribution is 2.22. The first-order valence-electron chi connectivity index (χ1n) is 9.87. The lowest BCUT2D eigenvalue weighted by atomic mass is 10.2. The lowest BCUT2D eigenvalue weighted by molar-refractivity contribution is -0.896. The summed E-state index contributed by atoms with van der Waals surface area (Å²) in [4.78, 5) is 32.2. The van der Waals surface area contributed by atoms with Gasteiger partial charge in [0.2, 0.25) is 5.91 Å². The normalized spacial score (nSPS) is 15.1. The minimum atomic E-state index is 0.0710. The molecule has 0 radical (unpaired) electrons. The third-order valence-corrected chi connectivity index (χ3v) is 6.07. The third-order valence-electron chi connectivity index (χ3n) is 4.97. The summed E-state index contributed by atoms with van der Waals surface area (Å²) in [6, 6.07) is 8.07. The molecule has 0 unspecified atom stereocenters. The highest BCUT2D eigenvalue weighted by atomic mass is 32.1. The SMILES string of the molecule is COCCCNC(=O)C[NH+]1CCN(C(=O)CCc2nc3ccccc3s2)CC1. The van der Waals surface area contributed by atoms with Gasteiger partial charge in [-0.2, -0.15) is 0 Å². The molecule has 0 aliphatic carbocycles. The summed E-state index contributed by atoms with van der Waals surface area (Å²) in [5.41, 5.74) is 1.01. The van der Waals surface area contributed by atoms with Crippen LogP contribution in [0.5, 0.6) is 0 Å². The van der Waals surface area contributed by atoms with Crippen LogP contribution in [0, 0.1) is 0 Å². The number of carbonyl (C=O) groups is 2. The Balaban J connectivity index is 1.36. The largest absolute Gasteiger partial charge is 0.385 e. The number of ether oxygens (including phenoxy) is 1. The molecule has 1 aliphatic rings. The van der Waals surface area contributed by atoms with Crippen molar-refractivity contribution in [3.63, 3.8) is 0 Å². The number of methoxy groups -OCH3 is 1. The molecule has 0 spiro atoms. The van der Waals surface area contributed by atoms with Crippen LogP contribution in [0.4, 0.5) is 0 Å². The average Bonchev–Trinajstić information content (AvgIpc) is 3.13. The Kier molecular flexibility index (Phi) is 7.76. The molecule has 152 valence electrons. The quantitative estimate of drug-likeness (QED) is 0.581. The number of carbonyl (C=O) groups excluding carboxylic acids is 2. The van der Waals surface area contributed by atoms with E-state index < -0.39 is 0 Å². The maximum Gasteiger partial charge on any atom is 0.275 e. The van der Waals surface area contributed by atoms with Crippen molar-refractivity contribution >= 4 is 33.4 Å². The summed E-state index contributed by atoms with van der Waals surface area (Å²) in [5.74, 6) is 0.254. The van der Waals surface area contributed by atoms with Crippen LogP contribution in [0.3, 0.4) is 0 Å². The van der Waals surface area contributed by atoms with E-state index in [0.29, 0.717) is 45.6 Å². The lowest BCUT2D eigenvalue weighted by Crippen LogP contribution is -3.15. The van der Waals surface area contributed by atoms with Crippen molar-refractivity contribution in [3.8, 4) is 0 Å². The summed E-state index contributed by atoms with van der Waals surface area (Å²) >= 11 is 1.66. The topological polar surface area (TPSA) is 76.0 Å². The number of benzene rings is 1. The van der Waals surface area contributed by atoms with Crippen molar-refractivity contribution in [1.82, 2.24) is 15.2 Å². The van der Waals surface area contributed by atoms with E-state index in [9.17, 15) is 9.59 Å². The number of hydrogen-bond acceptors (Lipinski definition) is 5. The monoisotopic (exact) mass is 405 g/mol. The molecule has 8 heteroatoms. The van der Waals surface area contributed by atoms with E-state index in [4.69, 9.17) is 4.74 Å². The maximum atomic E-state index is 12.5. The third kappa shape index (κ3) is 5.98. The number of nitrogens with zero attached hydrogens (tertiary/aromatic N) is 2. The minimum absolute atomic E-state index is 0.0710. The van der Waals surface area contributed by atoms with Gasteiger partial charge in [0, 0.05) is 33.1 Å². The fourth-order valence-electron chi connectivity index (χ4n) is 3.38. The number of hydrogen-bond donors (Lipinski definition) is 2. The molecule has 1 aromatic carbocycles. The van der Waals surface area contributed by atoms with Crippen molar-refractivity contribution < 1.29 is 19.2 Å². The van der Waals surface area contributed by atoms with Gasteiger partial charge in [-0.15, -0.1) is 11.3 Å². The Morgan fingerprint density at radius 3 is 2.82 bits per heavy atom. The summed E-state index contributed by atoms with van der Waals surface area (Å²) in [7, 11) is 1.66. The molecule has 0 saturated carbocycles. The fourth-order valence-corrected chi connectivity index (χ4v) is 4.35. The molecule has 2 N–H and O–H groups in total. The highest BCUT2D eigenvalue weighted by molar-refractivity contribution is 7.18. The van der Waals surface area contributed by atoms with Crippen LogP contribution >= 0.6 is 11.3 Å². The van der Waals surface area contributed by atoms with Gasteiger partial charge in [-0.3, -0.25) is 9.59 Å². The Bertz CT molecular complexity index is 754. The number of quaternary nitrogens is 1. The second-order valence-electron chi connectivity index (χ2n) is 7.08. The molecule has 0 atom stereocenters. The fraction of sp³-hybridized carbons (Fsp3) is 0.550. The predicted octanol–water partition coefficient (Wildman–Crippen LogP) is 0.109. The first kappa shape index (κ1) is 20.7. The second-order valence-corrected chi connectivity index (χ2v) is 8.19. The van der Waals surface area contributed by atoms with Gasteiger partial charge in [0.05, 0.1) is 41.4 Å². The molecular formula is C20H29N4O3S+. The first-order chi connectivity index (χ1) is 13.7.